The second-order valence-corrected chi connectivity index (χ2v) is 8.40. The van der Waals surface area contributed by atoms with Gasteiger partial charge in [0.05, 0.1) is 16.3 Å². The van der Waals surface area contributed by atoms with E-state index in [0.29, 0.717) is 12.1 Å². The quantitative estimate of drug-likeness (QED) is 0.223. The van der Waals surface area contributed by atoms with Crippen LogP contribution >= 0.6 is 11.6 Å². The van der Waals surface area contributed by atoms with Crippen LogP contribution in [-0.2, 0) is 20.2 Å². The van der Waals surface area contributed by atoms with Crippen LogP contribution in [0.2, 0.25) is 5.02 Å². The largest absolute Gasteiger partial charge is 0.398 e. The first kappa shape index (κ1) is 21.5. The van der Waals surface area contributed by atoms with Gasteiger partial charge in [0.2, 0.25) is 0 Å². The number of hydrogen-bond donors (Lipinski definition) is 4. The third kappa shape index (κ3) is 4.55. The predicted molar refractivity (Wildman–Crippen MR) is 96.5 cm³/mol. The van der Waals surface area contributed by atoms with Crippen molar-refractivity contribution in [3.8, 4) is 0 Å². The van der Waals surface area contributed by atoms with Gasteiger partial charge in [-0.25, -0.2) is 0 Å². The van der Waals surface area contributed by atoms with Crippen molar-refractivity contribution in [2.75, 3.05) is 11.1 Å². The third-order valence-corrected chi connectivity index (χ3v) is 5.44. The smallest absolute Gasteiger partial charge is 0.296 e. The topological polar surface area (TPSA) is 207 Å². The number of amides is 1. The molecule has 0 fully saturated rings. The summed E-state index contributed by atoms with van der Waals surface area (Å²) in [5.41, 5.74) is 2.97. The fourth-order valence-electron chi connectivity index (χ4n) is 2.10. The molecular formula is C13H10ClN3O9S2. The van der Waals surface area contributed by atoms with Crippen molar-refractivity contribution in [3.05, 3.63) is 51.0 Å². The lowest BCUT2D eigenvalue weighted by Crippen LogP contribution is -2.16. The van der Waals surface area contributed by atoms with E-state index < -0.39 is 57.9 Å². The summed E-state index contributed by atoms with van der Waals surface area (Å²) in [6.07, 6.45) is 0. The summed E-state index contributed by atoms with van der Waals surface area (Å²) in [4.78, 5) is 20.5. The van der Waals surface area contributed by atoms with Crippen molar-refractivity contribution < 1.29 is 35.7 Å². The molecule has 15 heteroatoms. The highest BCUT2D eigenvalue weighted by molar-refractivity contribution is 7.86. The molecule has 0 aliphatic carbocycles. The molecule has 0 unspecified atom stereocenters. The summed E-state index contributed by atoms with van der Waals surface area (Å²) in [5, 5.41) is 12.6. The monoisotopic (exact) mass is 451 g/mol. The van der Waals surface area contributed by atoms with Crippen LogP contribution in [0.4, 0.5) is 17.1 Å². The minimum atomic E-state index is -4.97. The molecule has 2 aromatic rings. The van der Waals surface area contributed by atoms with E-state index in [0.717, 1.165) is 18.2 Å². The normalized spacial score (nSPS) is 11.8. The van der Waals surface area contributed by atoms with E-state index in [4.69, 9.17) is 21.9 Å². The summed E-state index contributed by atoms with van der Waals surface area (Å²) in [5.74, 6) is -1.10. The lowest BCUT2D eigenvalue weighted by atomic mass is 10.2. The lowest BCUT2D eigenvalue weighted by molar-refractivity contribution is -0.384. The Hall–Kier alpha value is -2.78. The van der Waals surface area contributed by atoms with E-state index in [1.165, 1.54) is 0 Å². The molecule has 0 aliphatic heterocycles. The Bertz CT molecular complexity index is 1210. The van der Waals surface area contributed by atoms with Crippen molar-refractivity contribution in [3.63, 3.8) is 0 Å². The molecule has 2 aromatic carbocycles. The highest BCUT2D eigenvalue weighted by atomic mass is 35.5. The number of carbonyl (C=O) groups excluding carboxylic acids is 1. The average molecular weight is 452 g/mol. The van der Waals surface area contributed by atoms with E-state index >= 15 is 0 Å². The van der Waals surface area contributed by atoms with Gasteiger partial charge in [0.25, 0.3) is 31.8 Å². The van der Waals surface area contributed by atoms with Crippen LogP contribution in [0.25, 0.3) is 0 Å². The first-order valence-electron chi connectivity index (χ1n) is 6.85. The highest BCUT2D eigenvalue weighted by Crippen LogP contribution is 2.31. The van der Waals surface area contributed by atoms with Crippen LogP contribution < -0.4 is 11.1 Å². The molecule has 1 amide bonds. The molecule has 2 rings (SSSR count). The summed E-state index contributed by atoms with van der Waals surface area (Å²) in [7, 11) is -9.88. The fraction of sp³-hybridized carbons (Fsp3) is 0. The Morgan fingerprint density at radius 1 is 1.07 bits per heavy atom. The molecule has 0 aliphatic rings. The van der Waals surface area contributed by atoms with Gasteiger partial charge in [-0.05, 0) is 24.3 Å². The number of rotatable bonds is 5. The molecule has 0 bridgehead atoms. The number of nitro benzene ring substituents is 1. The van der Waals surface area contributed by atoms with Gasteiger partial charge >= 0.3 is 0 Å². The van der Waals surface area contributed by atoms with Gasteiger partial charge < -0.3 is 11.1 Å². The summed E-state index contributed by atoms with van der Waals surface area (Å²) >= 11 is 5.64. The Labute approximate surface area is 162 Å². The van der Waals surface area contributed by atoms with Crippen LogP contribution in [0.3, 0.4) is 0 Å². The van der Waals surface area contributed by atoms with E-state index in [2.05, 4.69) is 0 Å². The van der Waals surface area contributed by atoms with Gasteiger partial charge in [-0.15, -0.1) is 0 Å². The Morgan fingerprint density at radius 2 is 1.64 bits per heavy atom. The molecule has 0 radical (unpaired) electrons. The number of nitrogens with two attached hydrogens (primary N) is 1. The maximum absolute atomic E-state index is 12.3. The summed E-state index contributed by atoms with van der Waals surface area (Å²) < 4.78 is 64.1. The van der Waals surface area contributed by atoms with E-state index in [1.54, 1.807) is 0 Å². The maximum atomic E-state index is 12.3. The molecule has 0 saturated heterocycles. The highest BCUT2D eigenvalue weighted by Gasteiger charge is 2.25. The van der Waals surface area contributed by atoms with Crippen LogP contribution in [0, 0.1) is 10.1 Å². The third-order valence-electron chi connectivity index (χ3n) is 3.32. The number of nitrogens with zero attached hydrogens (tertiary/aromatic N) is 1. The van der Waals surface area contributed by atoms with E-state index in [-0.39, 0.29) is 10.6 Å². The van der Waals surface area contributed by atoms with Crippen molar-refractivity contribution in [2.45, 2.75) is 9.79 Å². The van der Waals surface area contributed by atoms with Gasteiger partial charge in [0.1, 0.15) is 14.8 Å². The number of anilines is 2. The number of carbonyl (C=O) groups is 1. The van der Waals surface area contributed by atoms with Crippen molar-refractivity contribution in [1.29, 1.82) is 0 Å². The number of nitro groups is 1. The molecule has 0 saturated carbocycles. The maximum Gasteiger partial charge on any atom is 0.296 e. The molecule has 150 valence electrons. The van der Waals surface area contributed by atoms with E-state index in [9.17, 15) is 36.3 Å². The number of nitrogen functional groups attached to an aromatic ring is 1. The van der Waals surface area contributed by atoms with Crippen molar-refractivity contribution in [2.24, 2.45) is 0 Å². The molecule has 5 N–H and O–H groups in total. The Balaban J connectivity index is 2.60. The van der Waals surface area contributed by atoms with Gasteiger partial charge in [-0.2, -0.15) is 16.8 Å². The number of hydrogen-bond acceptors (Lipinski definition) is 8. The second-order valence-electron chi connectivity index (χ2n) is 5.21. The minimum absolute atomic E-state index is 0.263. The molecule has 0 atom stereocenters. The Morgan fingerprint density at radius 3 is 2.14 bits per heavy atom. The van der Waals surface area contributed by atoms with Crippen molar-refractivity contribution >= 4 is 54.8 Å². The zero-order chi connectivity index (χ0) is 21.4. The number of nitrogens with one attached hydrogen (secondary N) is 1. The van der Waals surface area contributed by atoms with Crippen molar-refractivity contribution in [1.82, 2.24) is 0 Å². The first-order valence-corrected chi connectivity index (χ1v) is 10.1. The van der Waals surface area contributed by atoms with Crippen LogP contribution in [0.5, 0.6) is 0 Å². The zero-order valence-corrected chi connectivity index (χ0v) is 15.7. The summed E-state index contributed by atoms with van der Waals surface area (Å²) in [6, 6.07) is 3.95. The lowest BCUT2D eigenvalue weighted by Gasteiger charge is -2.12. The standard InChI is InChI=1S/C13H10ClN3O9S2/c14-7-2-1-6(3-10(7)17(19)20)13(18)16-9-5-11(27(21,22)23)8(15)4-12(9)28(24,25)26/h1-5H,15H2,(H,16,18)(H,21,22,23)(H,24,25,26). The van der Waals surface area contributed by atoms with Gasteiger partial charge in [0.15, 0.2) is 0 Å². The molecule has 0 spiro atoms. The van der Waals surface area contributed by atoms with E-state index in [1.807, 2.05) is 5.32 Å². The minimum Gasteiger partial charge on any atom is -0.398 e. The molecular weight excluding hydrogens is 442 g/mol. The Kier molecular flexibility index (Phi) is 5.63. The van der Waals surface area contributed by atoms with Gasteiger partial charge in [-0.3, -0.25) is 24.0 Å². The van der Waals surface area contributed by atoms with Gasteiger partial charge in [-0.1, -0.05) is 11.6 Å². The van der Waals surface area contributed by atoms with Crippen LogP contribution in [0.15, 0.2) is 40.1 Å². The SMILES string of the molecule is Nc1cc(S(=O)(=O)O)c(NC(=O)c2ccc(Cl)c([N+](=O)[O-])c2)cc1S(=O)(=O)O. The molecule has 28 heavy (non-hydrogen) atoms. The number of halogens is 1. The predicted octanol–water partition coefficient (Wildman–Crippen LogP) is 1.58. The summed E-state index contributed by atoms with van der Waals surface area (Å²) in [6.45, 7) is 0. The first-order chi connectivity index (χ1) is 12.7. The zero-order valence-electron chi connectivity index (χ0n) is 13.4. The average Bonchev–Trinajstić information content (AvgIpc) is 2.54. The molecule has 12 nitrogen and oxygen atoms in total. The second kappa shape index (κ2) is 7.33. The van der Waals surface area contributed by atoms with Gasteiger partial charge in [0, 0.05) is 11.6 Å². The molecule has 0 aromatic heterocycles. The number of benzene rings is 2. The van der Waals surface area contributed by atoms with Crippen LogP contribution in [-0.4, -0.2) is 36.8 Å². The van der Waals surface area contributed by atoms with Crippen LogP contribution in [0.1, 0.15) is 10.4 Å². The fourth-order valence-corrected chi connectivity index (χ4v) is 3.57. The molecule has 0 heterocycles.